The average Bonchev–Trinajstić information content (AvgIpc) is 2.45. The monoisotopic (exact) mass is 309 g/mol. The van der Waals surface area contributed by atoms with Gasteiger partial charge >= 0.3 is 11.8 Å². The van der Waals surface area contributed by atoms with Gasteiger partial charge in [0.15, 0.2) is 0 Å². The van der Waals surface area contributed by atoms with Gasteiger partial charge in [-0.1, -0.05) is 24.9 Å². The number of hydrogen-bond acceptors (Lipinski definition) is 3. The number of hydrazone groups is 1. The van der Waals surface area contributed by atoms with E-state index >= 15 is 0 Å². The van der Waals surface area contributed by atoms with Crippen LogP contribution in [0.3, 0.4) is 0 Å². The zero-order valence-electron chi connectivity index (χ0n) is 12.5. The molecule has 0 aliphatic heterocycles. The lowest BCUT2D eigenvalue weighted by Gasteiger charge is -2.08. The van der Waals surface area contributed by atoms with Crippen LogP contribution < -0.4 is 10.7 Å². The third-order valence-corrected chi connectivity index (χ3v) is 3.12. The molecule has 0 saturated carbocycles. The molecule has 0 aliphatic carbocycles. The first-order valence-corrected chi connectivity index (χ1v) is 7.22. The summed E-state index contributed by atoms with van der Waals surface area (Å²) >= 11 is 5.83. The lowest BCUT2D eigenvalue weighted by molar-refractivity contribution is -0.136. The van der Waals surface area contributed by atoms with Gasteiger partial charge in [-0.15, -0.1) is 0 Å². The molecule has 0 aliphatic rings. The van der Waals surface area contributed by atoms with Crippen molar-refractivity contribution in [3.05, 3.63) is 28.8 Å². The summed E-state index contributed by atoms with van der Waals surface area (Å²) in [5, 5.41) is 7.00. The molecule has 0 unspecified atom stereocenters. The molecule has 0 heterocycles. The van der Waals surface area contributed by atoms with E-state index in [4.69, 9.17) is 11.6 Å². The predicted octanol–water partition coefficient (Wildman–Crippen LogP) is 3.27. The molecule has 5 nitrogen and oxygen atoms in total. The Hall–Kier alpha value is -1.88. The third-order valence-electron chi connectivity index (χ3n) is 2.88. The van der Waals surface area contributed by atoms with Crippen molar-refractivity contribution in [3.63, 3.8) is 0 Å². The number of aryl methyl sites for hydroxylation is 1. The maximum atomic E-state index is 11.8. The molecule has 0 saturated heterocycles. The van der Waals surface area contributed by atoms with Gasteiger partial charge in [0.1, 0.15) is 0 Å². The Morgan fingerprint density at radius 1 is 1.29 bits per heavy atom. The van der Waals surface area contributed by atoms with Gasteiger partial charge < -0.3 is 5.32 Å². The maximum absolute atomic E-state index is 11.8. The third kappa shape index (κ3) is 5.95. The molecule has 0 radical (unpaired) electrons. The Bertz CT molecular complexity index is 556. The van der Waals surface area contributed by atoms with E-state index in [1.807, 2.05) is 6.92 Å². The fourth-order valence-electron chi connectivity index (χ4n) is 1.63. The van der Waals surface area contributed by atoms with Gasteiger partial charge in [-0.3, -0.25) is 9.59 Å². The topological polar surface area (TPSA) is 70.6 Å². The number of amides is 2. The van der Waals surface area contributed by atoms with Crippen LogP contribution in [0.4, 0.5) is 5.69 Å². The number of unbranched alkanes of at least 4 members (excludes halogenated alkanes) is 1. The number of carbonyl (C=O) groups is 2. The van der Waals surface area contributed by atoms with Crippen LogP contribution in [0.2, 0.25) is 5.02 Å². The van der Waals surface area contributed by atoms with E-state index < -0.39 is 11.8 Å². The molecule has 0 aromatic heterocycles. The fraction of sp³-hybridized carbons (Fsp3) is 0.400. The Balaban J connectivity index is 2.57. The van der Waals surface area contributed by atoms with Crippen LogP contribution in [-0.2, 0) is 9.59 Å². The average molecular weight is 310 g/mol. The number of carbonyl (C=O) groups excluding carboxylic acids is 2. The van der Waals surface area contributed by atoms with E-state index in [0.29, 0.717) is 10.7 Å². The summed E-state index contributed by atoms with van der Waals surface area (Å²) in [5.74, 6) is -1.55. The first kappa shape index (κ1) is 17.2. The Kier molecular flexibility index (Phi) is 6.88. The standard InChI is InChI=1S/C15H20ClN3O2/c1-4-5-6-11(3)18-19-15(21)14(20)17-13-8-7-12(16)9-10(13)2/h7-9H,4-6H2,1-3H3,(H,17,20)(H,19,21)/b18-11+. The molecule has 6 heteroatoms. The smallest absolute Gasteiger partial charge is 0.317 e. The lowest BCUT2D eigenvalue weighted by atomic mass is 10.2. The predicted molar refractivity (Wildman–Crippen MR) is 85.6 cm³/mol. The van der Waals surface area contributed by atoms with Crippen LogP contribution in [0, 0.1) is 6.92 Å². The van der Waals surface area contributed by atoms with E-state index in [-0.39, 0.29) is 0 Å². The van der Waals surface area contributed by atoms with Gasteiger partial charge in [0.25, 0.3) is 0 Å². The number of nitrogens with one attached hydrogen (secondary N) is 2. The molecular formula is C15H20ClN3O2. The molecule has 0 spiro atoms. The van der Waals surface area contributed by atoms with Gasteiger partial charge in [-0.05, 0) is 50.5 Å². The largest absolute Gasteiger partial charge is 0.329 e. The number of nitrogens with zero attached hydrogens (tertiary/aromatic N) is 1. The summed E-state index contributed by atoms with van der Waals surface area (Å²) in [6.45, 7) is 5.69. The molecule has 114 valence electrons. The highest BCUT2D eigenvalue weighted by atomic mass is 35.5. The van der Waals surface area contributed by atoms with Crippen molar-refractivity contribution in [2.75, 3.05) is 5.32 Å². The van der Waals surface area contributed by atoms with E-state index in [0.717, 1.165) is 30.5 Å². The number of benzene rings is 1. The molecular weight excluding hydrogens is 290 g/mol. The number of anilines is 1. The number of halogens is 1. The highest BCUT2D eigenvalue weighted by Crippen LogP contribution is 2.19. The quantitative estimate of drug-likeness (QED) is 0.498. The molecule has 1 rings (SSSR count). The number of rotatable bonds is 5. The summed E-state index contributed by atoms with van der Waals surface area (Å²) in [5.41, 5.74) is 4.38. The molecule has 0 bridgehead atoms. The minimum Gasteiger partial charge on any atom is -0.317 e. The Morgan fingerprint density at radius 2 is 2.00 bits per heavy atom. The fourth-order valence-corrected chi connectivity index (χ4v) is 1.86. The lowest BCUT2D eigenvalue weighted by Crippen LogP contribution is -2.33. The summed E-state index contributed by atoms with van der Waals surface area (Å²) < 4.78 is 0. The van der Waals surface area contributed by atoms with Crippen molar-refractivity contribution in [3.8, 4) is 0 Å². The minimum atomic E-state index is -0.791. The van der Waals surface area contributed by atoms with E-state index in [1.54, 1.807) is 25.1 Å². The first-order valence-electron chi connectivity index (χ1n) is 6.84. The summed E-state index contributed by atoms with van der Waals surface area (Å²) in [7, 11) is 0. The Morgan fingerprint density at radius 3 is 2.62 bits per heavy atom. The van der Waals surface area contributed by atoms with Gasteiger partial charge in [0.2, 0.25) is 0 Å². The summed E-state index contributed by atoms with van der Waals surface area (Å²) in [4.78, 5) is 23.4. The Labute approximate surface area is 129 Å². The zero-order chi connectivity index (χ0) is 15.8. The molecule has 2 amide bonds. The minimum absolute atomic E-state index is 0.547. The van der Waals surface area contributed by atoms with Crippen molar-refractivity contribution >= 4 is 34.8 Å². The van der Waals surface area contributed by atoms with Crippen molar-refractivity contribution < 1.29 is 9.59 Å². The SMILES string of the molecule is CCCC/C(C)=N/NC(=O)C(=O)Nc1ccc(Cl)cc1C. The maximum Gasteiger partial charge on any atom is 0.329 e. The second-order valence-electron chi connectivity index (χ2n) is 4.80. The second-order valence-corrected chi connectivity index (χ2v) is 5.24. The summed E-state index contributed by atoms with van der Waals surface area (Å²) in [6.07, 6.45) is 2.85. The first-order chi connectivity index (χ1) is 9.93. The van der Waals surface area contributed by atoms with Crippen molar-refractivity contribution in [1.82, 2.24) is 5.43 Å². The van der Waals surface area contributed by atoms with E-state index in [2.05, 4.69) is 22.8 Å². The normalized spacial score (nSPS) is 11.1. The van der Waals surface area contributed by atoms with Gasteiger partial charge in [-0.2, -0.15) is 5.10 Å². The molecule has 1 aromatic carbocycles. The van der Waals surface area contributed by atoms with Gasteiger partial charge in [-0.25, -0.2) is 5.43 Å². The van der Waals surface area contributed by atoms with Crippen LogP contribution in [-0.4, -0.2) is 17.5 Å². The second kappa shape index (κ2) is 8.42. The molecule has 0 fully saturated rings. The van der Waals surface area contributed by atoms with Gasteiger partial charge in [0, 0.05) is 16.4 Å². The summed E-state index contributed by atoms with van der Waals surface area (Å²) in [6, 6.07) is 5.01. The van der Waals surface area contributed by atoms with Crippen LogP contribution in [0.15, 0.2) is 23.3 Å². The van der Waals surface area contributed by atoms with Crippen LogP contribution in [0.5, 0.6) is 0 Å². The van der Waals surface area contributed by atoms with E-state index in [1.165, 1.54) is 0 Å². The van der Waals surface area contributed by atoms with Crippen molar-refractivity contribution in [2.24, 2.45) is 5.10 Å². The molecule has 21 heavy (non-hydrogen) atoms. The zero-order valence-corrected chi connectivity index (χ0v) is 13.3. The van der Waals surface area contributed by atoms with Crippen molar-refractivity contribution in [2.45, 2.75) is 40.0 Å². The van der Waals surface area contributed by atoms with E-state index in [9.17, 15) is 9.59 Å². The molecule has 1 aromatic rings. The van der Waals surface area contributed by atoms with Crippen LogP contribution >= 0.6 is 11.6 Å². The highest BCUT2D eigenvalue weighted by Gasteiger charge is 2.14. The van der Waals surface area contributed by atoms with Crippen LogP contribution in [0.1, 0.15) is 38.7 Å². The number of hydrogen-bond donors (Lipinski definition) is 2. The molecule has 0 atom stereocenters. The molecule has 2 N–H and O–H groups in total. The van der Waals surface area contributed by atoms with Crippen molar-refractivity contribution in [1.29, 1.82) is 0 Å². The highest BCUT2D eigenvalue weighted by molar-refractivity contribution is 6.39. The van der Waals surface area contributed by atoms with Crippen LogP contribution in [0.25, 0.3) is 0 Å². The van der Waals surface area contributed by atoms with Gasteiger partial charge in [0.05, 0.1) is 0 Å².